The molecule has 0 amide bonds. The van der Waals surface area contributed by atoms with Gasteiger partial charge < -0.3 is 24.8 Å². The molecule has 0 unspecified atom stereocenters. The van der Waals surface area contributed by atoms with Crippen molar-refractivity contribution in [3.05, 3.63) is 18.2 Å². The smallest absolute Gasteiger partial charge is 0.144 e. The number of nitrogens with one attached hydrogen (secondary N) is 1. The van der Waals surface area contributed by atoms with Crippen LogP contribution in [0, 0.1) is 0 Å². The van der Waals surface area contributed by atoms with Crippen LogP contribution in [0.2, 0.25) is 0 Å². The molecule has 25 heavy (non-hydrogen) atoms. The summed E-state index contributed by atoms with van der Waals surface area (Å²) in [5.41, 5.74) is 2.28. The van der Waals surface area contributed by atoms with E-state index >= 15 is 0 Å². The summed E-state index contributed by atoms with van der Waals surface area (Å²) < 4.78 is 5.48. The molecule has 0 atom stereocenters. The van der Waals surface area contributed by atoms with Crippen LogP contribution in [0.3, 0.4) is 0 Å². The number of hydrogen-bond acceptors (Lipinski definition) is 6. The van der Waals surface area contributed by atoms with Gasteiger partial charge in [0.05, 0.1) is 12.8 Å². The van der Waals surface area contributed by atoms with E-state index in [0.29, 0.717) is 0 Å². The first-order chi connectivity index (χ1) is 12.0. The SMILES string of the molecule is CNc1ccc(N2CCN(CCN(C)CCN(C)C)CC2)cc1OC. The molecule has 0 bridgehead atoms. The molecule has 6 heteroatoms. The number of rotatable bonds is 9. The van der Waals surface area contributed by atoms with E-state index < -0.39 is 0 Å². The Kier molecular flexibility index (Phi) is 7.81. The number of ether oxygens (including phenoxy) is 1. The summed E-state index contributed by atoms with van der Waals surface area (Å²) in [5.74, 6) is 0.907. The number of benzene rings is 1. The lowest BCUT2D eigenvalue weighted by atomic mass is 10.2. The van der Waals surface area contributed by atoms with E-state index in [0.717, 1.165) is 63.8 Å². The maximum Gasteiger partial charge on any atom is 0.144 e. The Balaban J connectivity index is 1.78. The fourth-order valence-electron chi connectivity index (χ4n) is 3.11. The van der Waals surface area contributed by atoms with E-state index in [2.05, 4.69) is 64.3 Å². The molecule has 6 nitrogen and oxygen atoms in total. The average Bonchev–Trinajstić information content (AvgIpc) is 2.64. The monoisotopic (exact) mass is 349 g/mol. The number of nitrogens with zero attached hydrogens (tertiary/aromatic N) is 4. The fraction of sp³-hybridized carbons (Fsp3) is 0.684. The van der Waals surface area contributed by atoms with Gasteiger partial charge in [0, 0.05) is 71.2 Å². The van der Waals surface area contributed by atoms with Crippen LogP contribution < -0.4 is 15.0 Å². The first-order valence-corrected chi connectivity index (χ1v) is 9.20. The molecular formula is C19H35N5O. The van der Waals surface area contributed by atoms with Gasteiger partial charge in [0.25, 0.3) is 0 Å². The molecule has 1 heterocycles. The highest BCUT2D eigenvalue weighted by Gasteiger charge is 2.18. The standard InChI is InChI=1S/C19H35N5O/c1-20-18-7-6-17(16-19(18)25-5)24-14-12-23(13-15-24)11-10-22(4)9-8-21(2)3/h6-7,16,20H,8-15H2,1-5H3. The molecule has 142 valence electrons. The van der Waals surface area contributed by atoms with E-state index in [1.54, 1.807) is 7.11 Å². The maximum atomic E-state index is 5.48. The van der Waals surface area contributed by atoms with Crippen molar-refractivity contribution >= 4 is 11.4 Å². The number of hydrogen-bond donors (Lipinski definition) is 1. The van der Waals surface area contributed by atoms with Crippen molar-refractivity contribution in [3.8, 4) is 5.75 Å². The van der Waals surface area contributed by atoms with Crippen molar-refractivity contribution in [2.45, 2.75) is 0 Å². The van der Waals surface area contributed by atoms with Crippen LogP contribution in [0.25, 0.3) is 0 Å². The zero-order valence-electron chi connectivity index (χ0n) is 16.6. The topological polar surface area (TPSA) is 34.2 Å². The zero-order valence-corrected chi connectivity index (χ0v) is 16.6. The first kappa shape index (κ1) is 19.8. The van der Waals surface area contributed by atoms with E-state index in [1.807, 2.05) is 7.05 Å². The summed E-state index contributed by atoms with van der Waals surface area (Å²) >= 11 is 0. The molecule has 0 saturated carbocycles. The molecule has 2 rings (SSSR count). The third kappa shape index (κ3) is 6.06. The van der Waals surface area contributed by atoms with Gasteiger partial charge in [-0.3, -0.25) is 4.90 Å². The van der Waals surface area contributed by atoms with Gasteiger partial charge in [-0.15, -0.1) is 0 Å². The highest BCUT2D eigenvalue weighted by Crippen LogP contribution is 2.29. The van der Waals surface area contributed by atoms with Gasteiger partial charge in [-0.2, -0.15) is 0 Å². The first-order valence-electron chi connectivity index (χ1n) is 9.20. The lowest BCUT2D eigenvalue weighted by Gasteiger charge is -2.37. The van der Waals surface area contributed by atoms with Gasteiger partial charge in [0.15, 0.2) is 0 Å². The third-order valence-corrected chi connectivity index (χ3v) is 4.92. The van der Waals surface area contributed by atoms with Crippen LogP contribution >= 0.6 is 0 Å². The van der Waals surface area contributed by atoms with Crippen LogP contribution in [0.4, 0.5) is 11.4 Å². The minimum atomic E-state index is 0.907. The molecule has 0 aliphatic carbocycles. The molecule has 1 aliphatic heterocycles. The van der Waals surface area contributed by atoms with Crippen LogP contribution in [-0.4, -0.2) is 102 Å². The minimum Gasteiger partial charge on any atom is -0.495 e. The van der Waals surface area contributed by atoms with Crippen molar-refractivity contribution in [2.75, 3.05) is 97.9 Å². The van der Waals surface area contributed by atoms with Gasteiger partial charge in [-0.1, -0.05) is 0 Å². The van der Waals surface area contributed by atoms with Crippen molar-refractivity contribution < 1.29 is 4.74 Å². The molecule has 0 radical (unpaired) electrons. The summed E-state index contributed by atoms with van der Waals surface area (Å²) in [6.45, 7) is 8.93. The quantitative estimate of drug-likeness (QED) is 0.725. The molecule has 1 saturated heterocycles. The highest BCUT2D eigenvalue weighted by molar-refractivity contribution is 5.64. The van der Waals surface area contributed by atoms with Crippen molar-refractivity contribution in [1.29, 1.82) is 0 Å². The minimum absolute atomic E-state index is 0.907. The Hall–Kier alpha value is -1.50. The molecule has 1 aromatic rings. The van der Waals surface area contributed by atoms with Crippen molar-refractivity contribution in [2.24, 2.45) is 0 Å². The van der Waals surface area contributed by atoms with Gasteiger partial charge in [0.2, 0.25) is 0 Å². The number of likely N-dealkylation sites (N-methyl/N-ethyl adjacent to an activating group) is 2. The summed E-state index contributed by atoms with van der Waals surface area (Å²) in [6.07, 6.45) is 0. The number of anilines is 2. The second kappa shape index (κ2) is 9.85. The summed E-state index contributed by atoms with van der Waals surface area (Å²) in [4.78, 5) is 9.69. The third-order valence-electron chi connectivity index (χ3n) is 4.92. The van der Waals surface area contributed by atoms with Gasteiger partial charge >= 0.3 is 0 Å². The largest absolute Gasteiger partial charge is 0.495 e. The molecule has 1 N–H and O–H groups in total. The Morgan fingerprint density at radius 2 is 1.76 bits per heavy atom. The van der Waals surface area contributed by atoms with Crippen LogP contribution in [0.5, 0.6) is 5.75 Å². The molecular weight excluding hydrogens is 314 g/mol. The normalized spacial score (nSPS) is 15.9. The van der Waals surface area contributed by atoms with E-state index in [1.165, 1.54) is 5.69 Å². The highest BCUT2D eigenvalue weighted by atomic mass is 16.5. The molecule has 0 spiro atoms. The predicted molar refractivity (Wildman–Crippen MR) is 107 cm³/mol. The van der Waals surface area contributed by atoms with Crippen molar-refractivity contribution in [1.82, 2.24) is 14.7 Å². The van der Waals surface area contributed by atoms with Crippen molar-refractivity contribution in [3.63, 3.8) is 0 Å². The zero-order chi connectivity index (χ0) is 18.2. The molecule has 1 aliphatic rings. The Bertz CT molecular complexity index is 515. The van der Waals surface area contributed by atoms with E-state index in [9.17, 15) is 0 Å². The van der Waals surface area contributed by atoms with Gasteiger partial charge in [-0.25, -0.2) is 0 Å². The Labute approximate surface area is 153 Å². The average molecular weight is 350 g/mol. The number of piperazine rings is 1. The Morgan fingerprint density at radius 1 is 1.04 bits per heavy atom. The number of methoxy groups -OCH3 is 1. The van der Waals surface area contributed by atoms with E-state index in [-0.39, 0.29) is 0 Å². The fourth-order valence-corrected chi connectivity index (χ4v) is 3.11. The van der Waals surface area contributed by atoms with Gasteiger partial charge in [0.1, 0.15) is 5.75 Å². The molecule has 0 aromatic heterocycles. The second-order valence-corrected chi connectivity index (χ2v) is 7.07. The summed E-state index contributed by atoms with van der Waals surface area (Å²) in [6, 6.07) is 6.41. The maximum absolute atomic E-state index is 5.48. The molecule has 1 fully saturated rings. The predicted octanol–water partition coefficient (Wildman–Crippen LogP) is 1.35. The lowest BCUT2D eigenvalue weighted by molar-refractivity contribution is 0.206. The molecule has 1 aromatic carbocycles. The van der Waals surface area contributed by atoms with Crippen LogP contribution in [0.15, 0.2) is 18.2 Å². The van der Waals surface area contributed by atoms with Crippen LogP contribution in [0.1, 0.15) is 0 Å². The summed E-state index contributed by atoms with van der Waals surface area (Å²) in [7, 11) is 10.1. The van der Waals surface area contributed by atoms with Gasteiger partial charge in [-0.05, 0) is 33.3 Å². The Morgan fingerprint density at radius 3 is 2.36 bits per heavy atom. The van der Waals surface area contributed by atoms with E-state index in [4.69, 9.17) is 4.74 Å². The second-order valence-electron chi connectivity index (χ2n) is 7.07. The van der Waals surface area contributed by atoms with Crippen LogP contribution in [-0.2, 0) is 0 Å². The lowest BCUT2D eigenvalue weighted by Crippen LogP contribution is -2.48. The summed E-state index contributed by atoms with van der Waals surface area (Å²) in [5, 5.41) is 3.17.